The Hall–Kier alpha value is -1.53. The molecule has 0 fully saturated rings. The quantitative estimate of drug-likeness (QED) is 0.404. The van der Waals surface area contributed by atoms with E-state index in [9.17, 15) is 0 Å². The van der Waals surface area contributed by atoms with Crippen LogP contribution in [-0.2, 0) is 0 Å². The predicted molar refractivity (Wildman–Crippen MR) is 47.8 cm³/mol. The topological polar surface area (TPSA) is 62.2 Å². The monoisotopic (exact) mass is 179 g/mol. The molecule has 0 unspecified atom stereocenters. The Balaban J connectivity index is 3.13. The van der Waals surface area contributed by atoms with E-state index in [4.69, 9.17) is 22.7 Å². The molecule has 1 rings (SSSR count). The molecule has 0 spiro atoms. The molecule has 0 radical (unpaired) electrons. The molecule has 3 nitrogen and oxygen atoms in total. The van der Waals surface area contributed by atoms with Gasteiger partial charge >= 0.3 is 0 Å². The first-order chi connectivity index (χ1) is 5.77. The maximum atomic E-state index is 8.57. The molecule has 0 aliphatic carbocycles. The Bertz CT molecular complexity index is 352. The van der Waals surface area contributed by atoms with Crippen LogP contribution < -0.4 is 5.84 Å². The van der Waals surface area contributed by atoms with Gasteiger partial charge in [-0.05, 0) is 12.1 Å². The highest BCUT2D eigenvalue weighted by atomic mass is 35.5. The third kappa shape index (κ3) is 1.74. The van der Waals surface area contributed by atoms with Gasteiger partial charge in [-0.1, -0.05) is 23.7 Å². The molecule has 1 aromatic carbocycles. The molecule has 0 atom stereocenters. The Labute approximate surface area is 75.1 Å². The summed E-state index contributed by atoms with van der Waals surface area (Å²) in [4.78, 5) is 0. The molecular weight excluding hydrogens is 174 g/mol. The minimum atomic E-state index is 0.178. The summed E-state index contributed by atoms with van der Waals surface area (Å²) in [6.07, 6.45) is 0. The number of hydrazone groups is 1. The number of nitriles is 1. The molecule has 0 saturated heterocycles. The van der Waals surface area contributed by atoms with Gasteiger partial charge in [-0.3, -0.25) is 0 Å². The van der Waals surface area contributed by atoms with Gasteiger partial charge in [-0.15, -0.1) is 0 Å². The maximum Gasteiger partial charge on any atom is 0.167 e. The fraction of sp³-hybridized carbons (Fsp3) is 0. The zero-order valence-corrected chi connectivity index (χ0v) is 6.92. The Kier molecular flexibility index (Phi) is 2.67. The van der Waals surface area contributed by atoms with Gasteiger partial charge in [0.25, 0.3) is 0 Å². The Morgan fingerprint density at radius 3 is 2.83 bits per heavy atom. The fourth-order valence-electron chi connectivity index (χ4n) is 0.804. The molecule has 0 amide bonds. The molecule has 0 aliphatic heterocycles. The van der Waals surface area contributed by atoms with Crippen molar-refractivity contribution in [2.45, 2.75) is 0 Å². The van der Waals surface area contributed by atoms with Gasteiger partial charge in [-0.25, -0.2) is 0 Å². The van der Waals surface area contributed by atoms with Gasteiger partial charge in [0, 0.05) is 10.6 Å². The molecule has 0 aliphatic rings. The number of hydrogen-bond donors (Lipinski definition) is 1. The summed E-state index contributed by atoms with van der Waals surface area (Å²) >= 11 is 5.70. The van der Waals surface area contributed by atoms with Crippen LogP contribution in [0.25, 0.3) is 0 Å². The van der Waals surface area contributed by atoms with Gasteiger partial charge < -0.3 is 5.84 Å². The third-order valence-corrected chi connectivity index (χ3v) is 1.57. The van der Waals surface area contributed by atoms with Gasteiger partial charge in [-0.2, -0.15) is 10.4 Å². The lowest BCUT2D eigenvalue weighted by molar-refractivity contribution is 1.25. The van der Waals surface area contributed by atoms with E-state index >= 15 is 0 Å². The highest BCUT2D eigenvalue weighted by molar-refractivity contribution is 6.31. The van der Waals surface area contributed by atoms with Crippen molar-refractivity contribution in [1.82, 2.24) is 0 Å². The van der Waals surface area contributed by atoms with E-state index in [0.717, 1.165) is 0 Å². The second-order valence-corrected chi connectivity index (χ2v) is 2.54. The van der Waals surface area contributed by atoms with Crippen LogP contribution in [0.15, 0.2) is 29.4 Å². The minimum Gasteiger partial charge on any atom is -0.322 e. The first-order valence-corrected chi connectivity index (χ1v) is 3.59. The lowest BCUT2D eigenvalue weighted by atomic mass is 10.1. The predicted octanol–water partition coefficient (Wildman–Crippen LogP) is 1.53. The van der Waals surface area contributed by atoms with Crippen LogP contribution in [0.3, 0.4) is 0 Å². The number of nitrogens with two attached hydrogens (primary N) is 1. The van der Waals surface area contributed by atoms with Crippen LogP contribution in [0.2, 0.25) is 5.02 Å². The standard InChI is InChI=1S/C8H6ClN3/c9-7-3-1-2-6(4-7)8(5-10)12-11/h1-4H,11H2. The summed E-state index contributed by atoms with van der Waals surface area (Å²) in [7, 11) is 0. The summed E-state index contributed by atoms with van der Waals surface area (Å²) in [5.41, 5.74) is 0.810. The maximum absolute atomic E-state index is 8.57. The number of benzene rings is 1. The van der Waals surface area contributed by atoms with Crippen molar-refractivity contribution in [3.63, 3.8) is 0 Å². The van der Waals surface area contributed by atoms with Crippen molar-refractivity contribution in [3.05, 3.63) is 34.9 Å². The molecule has 12 heavy (non-hydrogen) atoms. The molecule has 0 heterocycles. The molecule has 2 N–H and O–H groups in total. The van der Waals surface area contributed by atoms with E-state index in [1.165, 1.54) is 0 Å². The van der Waals surface area contributed by atoms with Gasteiger partial charge in [0.15, 0.2) is 5.71 Å². The molecule has 1 aromatic rings. The average molecular weight is 180 g/mol. The van der Waals surface area contributed by atoms with Crippen LogP contribution in [0.5, 0.6) is 0 Å². The summed E-state index contributed by atoms with van der Waals surface area (Å²) in [6, 6.07) is 8.68. The third-order valence-electron chi connectivity index (χ3n) is 1.33. The molecule has 0 aromatic heterocycles. The van der Waals surface area contributed by atoms with Crippen LogP contribution in [0.4, 0.5) is 0 Å². The smallest absolute Gasteiger partial charge is 0.167 e. The number of rotatable bonds is 1. The second-order valence-electron chi connectivity index (χ2n) is 2.10. The van der Waals surface area contributed by atoms with Gasteiger partial charge in [0.2, 0.25) is 0 Å². The normalized spacial score (nSPS) is 10.8. The van der Waals surface area contributed by atoms with Crippen LogP contribution in [0, 0.1) is 11.3 Å². The number of halogens is 1. The summed E-state index contributed by atoms with van der Waals surface area (Å²) in [5, 5.41) is 12.4. The minimum absolute atomic E-state index is 0.178. The lowest BCUT2D eigenvalue weighted by Crippen LogP contribution is -2.00. The van der Waals surface area contributed by atoms with E-state index in [1.807, 2.05) is 6.07 Å². The van der Waals surface area contributed by atoms with E-state index in [0.29, 0.717) is 10.6 Å². The first kappa shape index (κ1) is 8.57. The zero-order chi connectivity index (χ0) is 8.97. The van der Waals surface area contributed by atoms with Crippen LogP contribution >= 0.6 is 11.6 Å². The summed E-state index contributed by atoms with van der Waals surface area (Å²) < 4.78 is 0. The molecular formula is C8H6ClN3. The molecule has 4 heteroatoms. The fourth-order valence-corrected chi connectivity index (χ4v) is 0.994. The van der Waals surface area contributed by atoms with Gasteiger partial charge in [0.05, 0.1) is 0 Å². The first-order valence-electron chi connectivity index (χ1n) is 3.22. The molecule has 0 saturated carbocycles. The van der Waals surface area contributed by atoms with Crippen molar-refractivity contribution >= 4 is 17.3 Å². The van der Waals surface area contributed by atoms with E-state index in [-0.39, 0.29) is 5.71 Å². The lowest BCUT2D eigenvalue weighted by Gasteiger charge is -1.95. The van der Waals surface area contributed by atoms with Crippen molar-refractivity contribution in [1.29, 1.82) is 5.26 Å². The van der Waals surface area contributed by atoms with Crippen molar-refractivity contribution < 1.29 is 0 Å². The Morgan fingerprint density at radius 2 is 2.33 bits per heavy atom. The van der Waals surface area contributed by atoms with E-state index in [2.05, 4.69) is 5.10 Å². The van der Waals surface area contributed by atoms with Crippen molar-refractivity contribution in [2.24, 2.45) is 10.9 Å². The summed E-state index contributed by atoms with van der Waals surface area (Å²) in [6.45, 7) is 0. The number of hydrogen-bond acceptors (Lipinski definition) is 3. The molecule has 60 valence electrons. The highest BCUT2D eigenvalue weighted by Crippen LogP contribution is 2.10. The Morgan fingerprint density at radius 1 is 1.58 bits per heavy atom. The van der Waals surface area contributed by atoms with Gasteiger partial charge in [0.1, 0.15) is 6.07 Å². The van der Waals surface area contributed by atoms with E-state index < -0.39 is 0 Å². The summed E-state index contributed by atoms with van der Waals surface area (Å²) in [5.74, 6) is 4.99. The van der Waals surface area contributed by atoms with Crippen LogP contribution in [0.1, 0.15) is 5.56 Å². The number of nitrogens with zero attached hydrogens (tertiary/aromatic N) is 2. The largest absolute Gasteiger partial charge is 0.322 e. The highest BCUT2D eigenvalue weighted by Gasteiger charge is 2.00. The van der Waals surface area contributed by atoms with E-state index in [1.54, 1.807) is 24.3 Å². The molecule has 0 bridgehead atoms. The van der Waals surface area contributed by atoms with Crippen LogP contribution in [-0.4, -0.2) is 5.71 Å². The van der Waals surface area contributed by atoms with Crippen molar-refractivity contribution in [2.75, 3.05) is 0 Å². The SMILES string of the molecule is N#CC(=NN)c1cccc(Cl)c1. The average Bonchev–Trinajstić information content (AvgIpc) is 2.07. The van der Waals surface area contributed by atoms with Crippen molar-refractivity contribution in [3.8, 4) is 6.07 Å². The second kappa shape index (κ2) is 3.74. The zero-order valence-electron chi connectivity index (χ0n) is 6.16.